The Kier molecular flexibility index (Phi) is 16.8. The number of esters is 1. The van der Waals surface area contributed by atoms with E-state index in [9.17, 15) is 24.0 Å². The summed E-state index contributed by atoms with van der Waals surface area (Å²) in [5.41, 5.74) is -1.93. The van der Waals surface area contributed by atoms with Crippen LogP contribution >= 0.6 is 21.6 Å². The SMILES string of the molecule is CC(=O)CCOC1C[C@H](n2cc(C#CCNC(=O)OCCSSCC(=O)OC(C)(C)C)c(=O)[nH]c2=O)O[C@@H]1CO[Si](c1ccccc1)(c1ccccc1)C(C)(C)C. The number of nitrogens with one attached hydrogen (secondary N) is 2. The molecule has 2 N–H and O–H groups in total. The third-order valence-corrected chi connectivity index (χ3v) is 16.0. The van der Waals surface area contributed by atoms with Gasteiger partial charge in [0.2, 0.25) is 0 Å². The summed E-state index contributed by atoms with van der Waals surface area (Å²) in [5, 5.41) is 4.41. The van der Waals surface area contributed by atoms with Crippen LogP contribution in [0.5, 0.6) is 0 Å². The Bertz CT molecular complexity index is 1950. The van der Waals surface area contributed by atoms with E-state index >= 15 is 0 Å². The summed E-state index contributed by atoms with van der Waals surface area (Å²) in [4.78, 5) is 63.9. The molecule has 2 heterocycles. The standard InChI is InChI=1S/C41H53N3O10S2Si/c1-29(45)20-22-50-33-25-35(53-34(33)27-52-57(41(5,6)7,31-16-10-8-11-17-31)32-18-12-9-13-19-32)44-26-30(37(47)43-38(44)48)15-14-21-42-39(49)51-23-24-55-56-28-36(46)54-40(2,3)4/h8-13,16-19,26,33-35H,20-25,27-28H2,1-7H3,(H,42,49)(H,43,47,48)/t33?,34-,35-/m1/s1. The average molecular weight is 840 g/mol. The van der Waals surface area contributed by atoms with Crippen molar-refractivity contribution >= 4 is 58.1 Å². The highest BCUT2D eigenvalue weighted by Gasteiger charge is 2.51. The van der Waals surface area contributed by atoms with Gasteiger partial charge in [0.1, 0.15) is 41.6 Å². The van der Waals surface area contributed by atoms with Gasteiger partial charge in [-0.1, -0.05) is 115 Å². The number of ether oxygens (including phenoxy) is 4. The van der Waals surface area contributed by atoms with Gasteiger partial charge in [-0.2, -0.15) is 0 Å². The summed E-state index contributed by atoms with van der Waals surface area (Å²) < 4.78 is 31.5. The van der Waals surface area contributed by atoms with E-state index in [1.807, 2.05) is 36.4 Å². The number of amides is 1. The molecule has 308 valence electrons. The molecule has 0 aliphatic carbocycles. The number of rotatable bonds is 17. The molecular weight excluding hydrogens is 787 g/mol. The van der Waals surface area contributed by atoms with Crippen LogP contribution in [0, 0.1) is 11.8 Å². The van der Waals surface area contributed by atoms with Gasteiger partial charge in [0.25, 0.3) is 13.9 Å². The molecule has 0 spiro atoms. The largest absolute Gasteiger partial charge is 0.459 e. The van der Waals surface area contributed by atoms with Crippen molar-refractivity contribution in [1.29, 1.82) is 0 Å². The average Bonchev–Trinajstić information content (AvgIpc) is 3.54. The van der Waals surface area contributed by atoms with Gasteiger partial charge in [-0.3, -0.25) is 23.9 Å². The van der Waals surface area contributed by atoms with Crippen LogP contribution in [0.3, 0.4) is 0 Å². The fourth-order valence-corrected chi connectivity index (χ4v) is 12.5. The van der Waals surface area contributed by atoms with Crippen LogP contribution in [0.4, 0.5) is 4.79 Å². The van der Waals surface area contributed by atoms with Crippen LogP contribution in [0.25, 0.3) is 0 Å². The molecule has 3 atom stereocenters. The molecule has 0 radical (unpaired) electrons. The van der Waals surface area contributed by atoms with Gasteiger partial charge < -0.3 is 28.7 Å². The van der Waals surface area contributed by atoms with Crippen LogP contribution in [0.2, 0.25) is 5.04 Å². The minimum Gasteiger partial charge on any atom is -0.459 e. The van der Waals surface area contributed by atoms with Gasteiger partial charge in [-0.15, -0.1) is 0 Å². The van der Waals surface area contributed by atoms with E-state index in [1.54, 1.807) is 20.8 Å². The first-order valence-electron chi connectivity index (χ1n) is 18.7. The summed E-state index contributed by atoms with van der Waals surface area (Å²) >= 11 is 0. The molecule has 1 aliphatic rings. The zero-order valence-electron chi connectivity index (χ0n) is 33.6. The lowest BCUT2D eigenvalue weighted by Gasteiger charge is -2.43. The molecule has 1 aromatic heterocycles. The molecule has 1 saturated heterocycles. The molecule has 2 aromatic carbocycles. The molecule has 3 aromatic rings. The first-order valence-corrected chi connectivity index (χ1v) is 23.1. The lowest BCUT2D eigenvalue weighted by atomic mass is 10.2. The quantitative estimate of drug-likeness (QED) is 0.0642. The second-order valence-electron chi connectivity index (χ2n) is 15.4. The van der Waals surface area contributed by atoms with Crippen molar-refractivity contribution in [2.75, 3.05) is 37.9 Å². The Morgan fingerprint density at radius 3 is 2.21 bits per heavy atom. The predicted molar refractivity (Wildman–Crippen MR) is 225 cm³/mol. The highest BCUT2D eigenvalue weighted by Crippen LogP contribution is 2.38. The van der Waals surface area contributed by atoms with Crippen LogP contribution in [0.1, 0.15) is 73.1 Å². The lowest BCUT2D eigenvalue weighted by molar-refractivity contribution is -0.151. The van der Waals surface area contributed by atoms with Crippen LogP contribution in [-0.4, -0.2) is 91.4 Å². The van der Waals surface area contributed by atoms with E-state index in [1.165, 1.54) is 39.3 Å². The number of hydrogen-bond acceptors (Lipinski definition) is 12. The van der Waals surface area contributed by atoms with Crippen LogP contribution < -0.4 is 26.9 Å². The van der Waals surface area contributed by atoms with E-state index in [2.05, 4.69) is 67.2 Å². The first kappa shape index (κ1) is 45.6. The maximum Gasteiger partial charge on any atom is 0.407 e. The molecule has 16 heteroatoms. The predicted octanol–water partition coefficient (Wildman–Crippen LogP) is 4.57. The summed E-state index contributed by atoms with van der Waals surface area (Å²) in [6.07, 6.45) is -0.872. The number of carbonyl (C=O) groups is 3. The number of H-pyrrole nitrogens is 1. The summed E-state index contributed by atoms with van der Waals surface area (Å²) in [7, 11) is -0.268. The van der Waals surface area contributed by atoms with Crippen LogP contribution in [-0.2, 0) is 33.0 Å². The van der Waals surface area contributed by atoms with Crippen molar-refractivity contribution in [2.45, 2.75) is 90.4 Å². The third kappa shape index (κ3) is 13.5. The molecule has 57 heavy (non-hydrogen) atoms. The van der Waals surface area contributed by atoms with Gasteiger partial charge in [0.15, 0.2) is 0 Å². The van der Waals surface area contributed by atoms with E-state index in [0.717, 1.165) is 10.4 Å². The molecule has 1 aliphatic heterocycles. The van der Waals surface area contributed by atoms with Gasteiger partial charge >= 0.3 is 17.8 Å². The number of Topliss-reactive ketones (excluding diaryl/α,β-unsaturated/α-hetero) is 1. The Hall–Kier alpha value is -4.11. The zero-order chi connectivity index (χ0) is 41.6. The monoisotopic (exact) mass is 839 g/mol. The minimum absolute atomic E-state index is 0.00663. The Balaban J connectivity index is 1.43. The number of ketones is 1. The van der Waals surface area contributed by atoms with Crippen molar-refractivity contribution in [2.24, 2.45) is 0 Å². The first-order chi connectivity index (χ1) is 27.0. The van der Waals surface area contributed by atoms with Crippen molar-refractivity contribution in [3.8, 4) is 11.8 Å². The van der Waals surface area contributed by atoms with Gasteiger partial charge in [0.05, 0.1) is 25.9 Å². The molecule has 1 fully saturated rings. The highest BCUT2D eigenvalue weighted by molar-refractivity contribution is 8.76. The molecule has 1 unspecified atom stereocenters. The van der Waals surface area contributed by atoms with E-state index in [4.69, 9.17) is 23.4 Å². The van der Waals surface area contributed by atoms with Crippen molar-refractivity contribution in [3.63, 3.8) is 0 Å². The number of hydrogen-bond donors (Lipinski definition) is 2. The Labute approximate surface area is 342 Å². The number of alkyl carbamates (subject to hydrolysis) is 1. The molecular formula is C41H53N3O10S2Si. The van der Waals surface area contributed by atoms with Crippen molar-refractivity contribution in [1.82, 2.24) is 14.9 Å². The number of nitrogens with zero attached hydrogens (tertiary/aromatic N) is 1. The smallest absolute Gasteiger partial charge is 0.407 e. The fraction of sp³-hybridized carbons (Fsp3) is 0.488. The molecule has 0 bridgehead atoms. The second-order valence-corrected chi connectivity index (χ2v) is 22.3. The summed E-state index contributed by atoms with van der Waals surface area (Å²) in [6.45, 7) is 13.7. The lowest BCUT2D eigenvalue weighted by Crippen LogP contribution is -2.67. The summed E-state index contributed by atoms with van der Waals surface area (Å²) in [6, 6.07) is 20.4. The van der Waals surface area contributed by atoms with Crippen molar-refractivity contribution < 1.29 is 37.8 Å². The zero-order valence-corrected chi connectivity index (χ0v) is 36.2. The molecule has 0 saturated carbocycles. The van der Waals surface area contributed by atoms with Gasteiger partial charge in [-0.25, -0.2) is 9.59 Å². The topological polar surface area (TPSA) is 164 Å². The maximum atomic E-state index is 13.2. The van der Waals surface area contributed by atoms with E-state index in [0.29, 0.717) is 5.75 Å². The number of carbonyl (C=O) groups excluding carboxylic acids is 3. The fourth-order valence-electron chi connectivity index (χ4n) is 6.30. The van der Waals surface area contributed by atoms with Crippen LogP contribution in [0.15, 0.2) is 76.4 Å². The van der Waals surface area contributed by atoms with E-state index < -0.39 is 49.7 Å². The normalized spacial score (nSPS) is 17.0. The molecule has 1 amide bonds. The number of benzene rings is 2. The Morgan fingerprint density at radius 1 is 0.965 bits per heavy atom. The maximum absolute atomic E-state index is 13.2. The number of aromatic amines is 1. The third-order valence-electron chi connectivity index (χ3n) is 8.75. The van der Waals surface area contributed by atoms with Gasteiger partial charge in [-0.05, 0) is 43.1 Å². The van der Waals surface area contributed by atoms with Gasteiger partial charge in [0, 0.05) is 24.8 Å². The summed E-state index contributed by atoms with van der Waals surface area (Å²) in [5.74, 6) is 5.74. The van der Waals surface area contributed by atoms with Crippen molar-refractivity contribution in [3.05, 3.63) is 93.3 Å². The highest BCUT2D eigenvalue weighted by atomic mass is 33.1. The molecule has 13 nitrogen and oxygen atoms in total. The number of aromatic nitrogens is 2. The second kappa shape index (κ2) is 21.1. The minimum atomic E-state index is -2.96. The molecule has 4 rings (SSSR count). The van der Waals surface area contributed by atoms with E-state index in [-0.39, 0.29) is 67.3 Å². The Morgan fingerprint density at radius 2 is 1.61 bits per heavy atom.